The van der Waals surface area contributed by atoms with Crippen LogP contribution in [0.2, 0.25) is 0 Å². The van der Waals surface area contributed by atoms with Crippen molar-refractivity contribution in [3.63, 3.8) is 0 Å². The predicted octanol–water partition coefficient (Wildman–Crippen LogP) is 2.08. The number of amides is 1. The fourth-order valence-corrected chi connectivity index (χ4v) is 2.01. The van der Waals surface area contributed by atoms with E-state index in [-0.39, 0.29) is 11.9 Å². The number of nitrogens with one attached hydrogen (secondary N) is 1. The molecular weight excluding hydrogens is 214 g/mol. The number of ether oxygens (including phenoxy) is 1. The van der Waals surface area contributed by atoms with E-state index in [1.807, 2.05) is 6.92 Å². The van der Waals surface area contributed by atoms with Gasteiger partial charge in [-0.05, 0) is 25.7 Å². The standard InChI is InChI=1S/C11H20ClNO2/c1-2-9(8-12)13-11(14)6-5-10-4-3-7-15-10/h9-10H,2-8H2,1H3,(H,13,14). The Morgan fingerprint density at radius 2 is 2.47 bits per heavy atom. The Kier molecular flexibility index (Phi) is 6.03. The van der Waals surface area contributed by atoms with Gasteiger partial charge in [-0.2, -0.15) is 0 Å². The molecule has 0 radical (unpaired) electrons. The van der Waals surface area contributed by atoms with E-state index in [4.69, 9.17) is 16.3 Å². The fraction of sp³-hybridized carbons (Fsp3) is 0.909. The molecule has 1 N–H and O–H groups in total. The van der Waals surface area contributed by atoms with Gasteiger partial charge in [0.1, 0.15) is 0 Å². The first-order valence-corrected chi connectivity index (χ1v) is 6.26. The molecule has 1 heterocycles. The van der Waals surface area contributed by atoms with Crippen LogP contribution in [-0.4, -0.2) is 30.5 Å². The van der Waals surface area contributed by atoms with Gasteiger partial charge in [-0.1, -0.05) is 6.92 Å². The first kappa shape index (κ1) is 12.8. The zero-order chi connectivity index (χ0) is 11.1. The summed E-state index contributed by atoms with van der Waals surface area (Å²) in [5, 5.41) is 2.91. The molecule has 1 aliphatic rings. The summed E-state index contributed by atoms with van der Waals surface area (Å²) in [5.74, 6) is 0.584. The summed E-state index contributed by atoms with van der Waals surface area (Å²) >= 11 is 5.70. The van der Waals surface area contributed by atoms with Crippen LogP contribution in [0.1, 0.15) is 39.0 Å². The molecule has 4 heteroatoms. The summed E-state index contributed by atoms with van der Waals surface area (Å²) < 4.78 is 5.45. The number of carbonyl (C=O) groups excluding carboxylic acids is 1. The molecule has 1 rings (SSSR count). The summed E-state index contributed by atoms with van der Waals surface area (Å²) in [4.78, 5) is 11.5. The van der Waals surface area contributed by atoms with Gasteiger partial charge in [-0.25, -0.2) is 0 Å². The first-order valence-electron chi connectivity index (χ1n) is 5.73. The van der Waals surface area contributed by atoms with Crippen LogP contribution in [0.4, 0.5) is 0 Å². The Balaban J connectivity index is 2.11. The molecule has 0 aromatic rings. The average Bonchev–Trinajstić information content (AvgIpc) is 2.75. The zero-order valence-electron chi connectivity index (χ0n) is 9.30. The van der Waals surface area contributed by atoms with Crippen molar-refractivity contribution in [1.82, 2.24) is 5.32 Å². The van der Waals surface area contributed by atoms with E-state index in [9.17, 15) is 4.79 Å². The molecule has 88 valence electrons. The van der Waals surface area contributed by atoms with Gasteiger partial charge in [-0.15, -0.1) is 11.6 Å². The molecule has 0 aliphatic carbocycles. The van der Waals surface area contributed by atoms with Crippen molar-refractivity contribution < 1.29 is 9.53 Å². The summed E-state index contributed by atoms with van der Waals surface area (Å²) in [5.41, 5.74) is 0. The number of alkyl halides is 1. The Morgan fingerprint density at radius 1 is 1.67 bits per heavy atom. The minimum absolute atomic E-state index is 0.0954. The van der Waals surface area contributed by atoms with Gasteiger partial charge in [0.2, 0.25) is 5.91 Å². The van der Waals surface area contributed by atoms with Gasteiger partial charge in [0.15, 0.2) is 0 Å². The largest absolute Gasteiger partial charge is 0.378 e. The van der Waals surface area contributed by atoms with Gasteiger partial charge >= 0.3 is 0 Å². The fourth-order valence-electron chi connectivity index (χ4n) is 1.71. The molecule has 1 saturated heterocycles. The van der Waals surface area contributed by atoms with Crippen LogP contribution >= 0.6 is 11.6 Å². The van der Waals surface area contributed by atoms with Crippen molar-refractivity contribution in [2.75, 3.05) is 12.5 Å². The third-order valence-corrected chi connectivity index (χ3v) is 3.13. The number of rotatable bonds is 6. The minimum Gasteiger partial charge on any atom is -0.378 e. The third-order valence-electron chi connectivity index (χ3n) is 2.76. The lowest BCUT2D eigenvalue weighted by Crippen LogP contribution is -2.35. The second kappa shape index (κ2) is 7.07. The molecule has 0 aromatic carbocycles. The predicted molar refractivity (Wildman–Crippen MR) is 61.1 cm³/mol. The Morgan fingerprint density at radius 3 is 3.00 bits per heavy atom. The van der Waals surface area contributed by atoms with E-state index in [0.717, 1.165) is 32.3 Å². The van der Waals surface area contributed by atoms with E-state index in [2.05, 4.69) is 5.32 Å². The van der Waals surface area contributed by atoms with E-state index in [0.29, 0.717) is 18.4 Å². The van der Waals surface area contributed by atoms with Crippen molar-refractivity contribution in [3.05, 3.63) is 0 Å². The van der Waals surface area contributed by atoms with Gasteiger partial charge in [0.05, 0.1) is 6.10 Å². The molecule has 0 aromatic heterocycles. The topological polar surface area (TPSA) is 38.3 Å². The number of carbonyl (C=O) groups is 1. The highest BCUT2D eigenvalue weighted by atomic mass is 35.5. The third kappa shape index (κ3) is 4.85. The number of hydrogen-bond donors (Lipinski definition) is 1. The molecular formula is C11H20ClNO2. The Labute approximate surface area is 96.5 Å². The SMILES string of the molecule is CCC(CCl)NC(=O)CCC1CCCO1. The number of hydrogen-bond acceptors (Lipinski definition) is 2. The second-order valence-electron chi connectivity index (χ2n) is 4.00. The van der Waals surface area contributed by atoms with Crippen LogP contribution in [0, 0.1) is 0 Å². The van der Waals surface area contributed by atoms with Crippen LogP contribution in [0.5, 0.6) is 0 Å². The summed E-state index contributed by atoms with van der Waals surface area (Å²) in [6, 6.07) is 0.115. The summed E-state index contributed by atoms with van der Waals surface area (Å²) in [6.07, 6.45) is 4.80. The smallest absolute Gasteiger partial charge is 0.220 e. The Hall–Kier alpha value is -0.280. The Bertz CT molecular complexity index is 189. The molecule has 2 unspecified atom stereocenters. The van der Waals surface area contributed by atoms with Gasteiger partial charge < -0.3 is 10.1 Å². The van der Waals surface area contributed by atoms with Gasteiger partial charge in [0.25, 0.3) is 0 Å². The summed E-state index contributed by atoms with van der Waals surface area (Å²) in [6.45, 7) is 2.87. The lowest BCUT2D eigenvalue weighted by molar-refractivity contribution is -0.122. The molecule has 1 amide bonds. The molecule has 1 aliphatic heterocycles. The quantitative estimate of drug-likeness (QED) is 0.714. The highest BCUT2D eigenvalue weighted by Crippen LogP contribution is 2.16. The van der Waals surface area contributed by atoms with Crippen LogP contribution in [0.15, 0.2) is 0 Å². The molecule has 1 fully saturated rings. The maximum atomic E-state index is 11.5. The van der Waals surface area contributed by atoms with Crippen LogP contribution in [-0.2, 0) is 9.53 Å². The summed E-state index contributed by atoms with van der Waals surface area (Å²) in [7, 11) is 0. The monoisotopic (exact) mass is 233 g/mol. The first-order chi connectivity index (χ1) is 7.26. The average molecular weight is 234 g/mol. The van der Waals surface area contributed by atoms with Crippen LogP contribution in [0.3, 0.4) is 0 Å². The van der Waals surface area contributed by atoms with Gasteiger partial charge in [0, 0.05) is 24.9 Å². The normalized spacial score (nSPS) is 22.7. The minimum atomic E-state index is 0.0954. The molecule has 2 atom stereocenters. The van der Waals surface area contributed by atoms with E-state index >= 15 is 0 Å². The molecule has 0 saturated carbocycles. The lowest BCUT2D eigenvalue weighted by atomic mass is 10.1. The van der Waals surface area contributed by atoms with Crippen molar-refractivity contribution >= 4 is 17.5 Å². The molecule has 0 spiro atoms. The van der Waals surface area contributed by atoms with E-state index in [1.165, 1.54) is 0 Å². The highest BCUT2D eigenvalue weighted by Gasteiger charge is 2.17. The molecule has 0 bridgehead atoms. The van der Waals surface area contributed by atoms with Crippen LogP contribution < -0.4 is 5.32 Å². The lowest BCUT2D eigenvalue weighted by Gasteiger charge is -2.14. The van der Waals surface area contributed by atoms with E-state index in [1.54, 1.807) is 0 Å². The van der Waals surface area contributed by atoms with Crippen LogP contribution in [0.25, 0.3) is 0 Å². The highest BCUT2D eigenvalue weighted by molar-refractivity contribution is 6.18. The number of halogens is 1. The zero-order valence-corrected chi connectivity index (χ0v) is 10.1. The molecule has 3 nitrogen and oxygen atoms in total. The van der Waals surface area contributed by atoms with Crippen molar-refractivity contribution in [2.24, 2.45) is 0 Å². The van der Waals surface area contributed by atoms with Crippen molar-refractivity contribution in [3.8, 4) is 0 Å². The second-order valence-corrected chi connectivity index (χ2v) is 4.31. The molecule has 15 heavy (non-hydrogen) atoms. The van der Waals surface area contributed by atoms with Crippen molar-refractivity contribution in [2.45, 2.75) is 51.2 Å². The van der Waals surface area contributed by atoms with E-state index < -0.39 is 0 Å². The maximum Gasteiger partial charge on any atom is 0.220 e. The van der Waals surface area contributed by atoms with Gasteiger partial charge in [-0.3, -0.25) is 4.79 Å². The van der Waals surface area contributed by atoms with Crippen molar-refractivity contribution in [1.29, 1.82) is 0 Å². The maximum absolute atomic E-state index is 11.5.